The molecule has 0 atom stereocenters. The molecule has 0 radical (unpaired) electrons. The van der Waals surface area contributed by atoms with E-state index in [0.29, 0.717) is 0 Å². The van der Waals surface area contributed by atoms with E-state index in [4.69, 9.17) is 9.47 Å². The number of rotatable bonds is 17. The summed E-state index contributed by atoms with van der Waals surface area (Å²) < 4.78 is 11.7. The maximum atomic E-state index is 5.35. The number of hydrogen-bond acceptors (Lipinski definition) is 3. The van der Waals surface area contributed by atoms with Gasteiger partial charge in [0.25, 0.3) is 0 Å². The normalized spacial score (nSPS) is 11.9. The average Bonchev–Trinajstić information content (AvgIpc) is 2.72. The summed E-state index contributed by atoms with van der Waals surface area (Å²) in [6.07, 6.45) is 15.9. The van der Waals surface area contributed by atoms with E-state index in [0.717, 1.165) is 34.6 Å². The van der Waals surface area contributed by atoms with E-state index in [1.807, 2.05) is 24.4 Å². The number of quaternary nitrogens is 1. The van der Waals surface area contributed by atoms with Crippen LogP contribution in [0, 0.1) is 0 Å². The van der Waals surface area contributed by atoms with Crippen molar-refractivity contribution >= 4 is 6.21 Å². The molecule has 29 heavy (non-hydrogen) atoms. The van der Waals surface area contributed by atoms with Crippen LogP contribution in [0.5, 0.6) is 11.5 Å². The van der Waals surface area contributed by atoms with Gasteiger partial charge < -0.3 is 14.0 Å². The lowest BCUT2D eigenvalue weighted by Crippen LogP contribution is -2.42. The third-order valence-corrected chi connectivity index (χ3v) is 5.60. The van der Waals surface area contributed by atoms with E-state index < -0.39 is 0 Å². The first kappa shape index (κ1) is 25.5. The lowest BCUT2D eigenvalue weighted by Gasteiger charge is -2.29. The zero-order valence-corrected chi connectivity index (χ0v) is 19.7. The fourth-order valence-corrected chi connectivity index (χ4v) is 3.57. The molecule has 0 saturated heterocycles. The van der Waals surface area contributed by atoms with Gasteiger partial charge in [-0.05, 0) is 36.6 Å². The molecule has 0 amide bonds. The first-order valence-electron chi connectivity index (χ1n) is 11.6. The number of benzene rings is 1. The number of unbranched alkanes of at least 4 members (excludes halogenated alkanes) is 9. The highest BCUT2D eigenvalue weighted by atomic mass is 16.5. The van der Waals surface area contributed by atoms with Crippen LogP contribution in [0.25, 0.3) is 0 Å². The second kappa shape index (κ2) is 15.3. The predicted molar refractivity (Wildman–Crippen MR) is 126 cm³/mol. The minimum absolute atomic E-state index is 0.744. The smallest absolute Gasteiger partial charge is 0.161 e. The summed E-state index contributed by atoms with van der Waals surface area (Å²) in [6.45, 7) is 5.44. The molecule has 0 spiro atoms. The fourth-order valence-electron chi connectivity index (χ4n) is 3.57. The predicted octanol–water partition coefficient (Wildman–Crippen LogP) is 6.12. The Morgan fingerprint density at radius 3 is 1.97 bits per heavy atom. The van der Waals surface area contributed by atoms with Crippen LogP contribution in [0.1, 0.15) is 76.7 Å². The maximum absolute atomic E-state index is 5.35. The van der Waals surface area contributed by atoms with Gasteiger partial charge in [-0.25, -0.2) is 0 Å². The van der Waals surface area contributed by atoms with Gasteiger partial charge in [0, 0.05) is 6.21 Å². The van der Waals surface area contributed by atoms with Crippen LogP contribution in [0.2, 0.25) is 0 Å². The molecular weight excluding hydrogens is 360 g/mol. The lowest BCUT2D eigenvalue weighted by molar-refractivity contribution is -0.889. The van der Waals surface area contributed by atoms with Crippen molar-refractivity contribution in [3.8, 4) is 11.5 Å². The van der Waals surface area contributed by atoms with Gasteiger partial charge in [0.2, 0.25) is 0 Å². The summed E-state index contributed by atoms with van der Waals surface area (Å²) in [4.78, 5) is 4.62. The quantitative estimate of drug-likeness (QED) is 0.178. The van der Waals surface area contributed by atoms with Crippen LogP contribution >= 0.6 is 0 Å². The van der Waals surface area contributed by atoms with Crippen LogP contribution < -0.4 is 9.47 Å². The second-order valence-electron chi connectivity index (χ2n) is 8.71. The van der Waals surface area contributed by atoms with Gasteiger partial charge in [0.1, 0.15) is 0 Å². The van der Waals surface area contributed by atoms with E-state index in [-0.39, 0.29) is 0 Å². The third-order valence-electron chi connectivity index (χ3n) is 5.60. The van der Waals surface area contributed by atoms with Crippen LogP contribution in [0.4, 0.5) is 0 Å². The molecule has 0 heterocycles. The first-order chi connectivity index (χ1) is 14.0. The van der Waals surface area contributed by atoms with Crippen molar-refractivity contribution < 1.29 is 14.0 Å². The van der Waals surface area contributed by atoms with Gasteiger partial charge in [-0.15, -0.1) is 0 Å². The molecule has 0 aliphatic heterocycles. The highest BCUT2D eigenvalue weighted by molar-refractivity contribution is 5.80. The van der Waals surface area contributed by atoms with Crippen molar-refractivity contribution in [1.82, 2.24) is 0 Å². The van der Waals surface area contributed by atoms with Gasteiger partial charge in [0.05, 0.1) is 47.9 Å². The minimum atomic E-state index is 0.744. The lowest BCUT2D eigenvalue weighted by atomic mass is 10.1. The summed E-state index contributed by atoms with van der Waals surface area (Å²) in [7, 11) is 7.95. The van der Waals surface area contributed by atoms with Gasteiger partial charge in [-0.2, -0.15) is 0 Å². The third kappa shape index (κ3) is 11.9. The summed E-state index contributed by atoms with van der Waals surface area (Å²) in [6, 6.07) is 5.90. The Kier molecular flexibility index (Phi) is 13.5. The number of methoxy groups -OCH3 is 2. The zero-order valence-electron chi connectivity index (χ0n) is 19.7. The number of nitrogens with zero attached hydrogens (tertiary/aromatic N) is 2. The van der Waals surface area contributed by atoms with Crippen molar-refractivity contribution in [2.75, 3.05) is 47.9 Å². The molecule has 0 aliphatic carbocycles. The molecular formula is C25H45N2O2+. The number of ether oxygens (including phenoxy) is 2. The first-order valence-corrected chi connectivity index (χ1v) is 11.6. The van der Waals surface area contributed by atoms with Gasteiger partial charge in [0.15, 0.2) is 11.5 Å². The van der Waals surface area contributed by atoms with Gasteiger partial charge >= 0.3 is 0 Å². The molecule has 0 unspecified atom stereocenters. The molecule has 1 rings (SSSR count). The van der Waals surface area contributed by atoms with Crippen molar-refractivity contribution in [2.45, 2.75) is 71.1 Å². The van der Waals surface area contributed by atoms with Crippen molar-refractivity contribution in [1.29, 1.82) is 0 Å². The Bertz CT molecular complexity index is 570. The summed E-state index contributed by atoms with van der Waals surface area (Å²) in [5.74, 6) is 1.49. The van der Waals surface area contributed by atoms with Crippen molar-refractivity contribution in [3.05, 3.63) is 23.8 Å². The molecule has 166 valence electrons. The molecule has 0 bridgehead atoms. The number of likely N-dealkylation sites (N-methyl/N-ethyl adjacent to an activating group) is 1. The van der Waals surface area contributed by atoms with E-state index in [1.165, 1.54) is 70.8 Å². The highest BCUT2D eigenvalue weighted by Gasteiger charge is 2.13. The van der Waals surface area contributed by atoms with Crippen molar-refractivity contribution in [2.24, 2.45) is 4.99 Å². The largest absolute Gasteiger partial charge is 0.493 e. The molecule has 1 aromatic rings. The zero-order chi connectivity index (χ0) is 21.4. The maximum Gasteiger partial charge on any atom is 0.161 e. The summed E-state index contributed by atoms with van der Waals surface area (Å²) >= 11 is 0. The van der Waals surface area contributed by atoms with E-state index in [9.17, 15) is 0 Å². The average molecular weight is 406 g/mol. The standard InChI is InChI=1S/C25H45N2O2/c1-6-7-8-9-10-11-12-13-14-15-19-27(2,3)20-18-26-22-23-16-17-24(28-4)25(21-23)29-5/h16-17,21-22H,6-15,18-20H2,1-5H3/q+1. The van der Waals surface area contributed by atoms with Gasteiger partial charge in [-0.1, -0.05) is 58.3 Å². The molecule has 0 N–H and O–H groups in total. The topological polar surface area (TPSA) is 30.8 Å². The van der Waals surface area contributed by atoms with Crippen molar-refractivity contribution in [3.63, 3.8) is 0 Å². The van der Waals surface area contributed by atoms with Gasteiger partial charge in [-0.3, -0.25) is 4.99 Å². The fraction of sp³-hybridized carbons (Fsp3) is 0.720. The second-order valence-corrected chi connectivity index (χ2v) is 8.71. The molecule has 0 aliphatic rings. The Balaban J connectivity index is 2.16. The monoisotopic (exact) mass is 405 g/mol. The summed E-state index contributed by atoms with van der Waals surface area (Å²) in [5.41, 5.74) is 1.04. The van der Waals surface area contributed by atoms with E-state index in [1.54, 1.807) is 14.2 Å². The van der Waals surface area contributed by atoms with Crippen LogP contribution in [0.15, 0.2) is 23.2 Å². The Morgan fingerprint density at radius 1 is 0.793 bits per heavy atom. The number of hydrogen-bond donors (Lipinski definition) is 0. The minimum Gasteiger partial charge on any atom is -0.493 e. The molecule has 0 aromatic heterocycles. The van der Waals surface area contributed by atoms with Crippen LogP contribution in [-0.4, -0.2) is 58.6 Å². The molecule has 0 fully saturated rings. The summed E-state index contributed by atoms with van der Waals surface area (Å²) in [5, 5.41) is 0. The molecule has 1 aromatic carbocycles. The molecule has 4 nitrogen and oxygen atoms in total. The molecule has 0 saturated carbocycles. The molecule has 4 heteroatoms. The Labute approximate surface area is 179 Å². The Hall–Kier alpha value is -1.55. The van der Waals surface area contributed by atoms with E-state index >= 15 is 0 Å². The number of aliphatic imine (C=N–C) groups is 1. The van der Waals surface area contributed by atoms with E-state index in [2.05, 4.69) is 26.0 Å². The van der Waals surface area contributed by atoms with Crippen LogP contribution in [0.3, 0.4) is 0 Å². The SMILES string of the molecule is CCCCCCCCCCCC[N+](C)(C)CCN=Cc1ccc(OC)c(OC)c1. The highest BCUT2D eigenvalue weighted by Crippen LogP contribution is 2.26. The Morgan fingerprint density at radius 2 is 1.38 bits per heavy atom. The van der Waals surface area contributed by atoms with Crippen LogP contribution in [-0.2, 0) is 0 Å².